The van der Waals surface area contributed by atoms with E-state index in [0.717, 1.165) is 19.3 Å². The SMILES string of the molecule is CCCCCC(CCCl)(CC(CC)C(=O)O)C(=O)O. The molecule has 4 nitrogen and oxygen atoms in total. The van der Waals surface area contributed by atoms with Gasteiger partial charge in [-0.15, -0.1) is 11.6 Å². The maximum absolute atomic E-state index is 11.6. The molecule has 5 heteroatoms. The Labute approximate surface area is 120 Å². The minimum atomic E-state index is -0.990. The van der Waals surface area contributed by atoms with Gasteiger partial charge in [-0.2, -0.15) is 0 Å². The molecule has 0 amide bonds. The number of hydrogen-bond acceptors (Lipinski definition) is 2. The molecular formula is C14H25ClO4. The molecule has 0 heterocycles. The van der Waals surface area contributed by atoms with Crippen LogP contribution < -0.4 is 0 Å². The van der Waals surface area contributed by atoms with Crippen molar-refractivity contribution in [3.63, 3.8) is 0 Å². The van der Waals surface area contributed by atoms with Crippen LogP contribution in [0.4, 0.5) is 0 Å². The second-order valence-corrected chi connectivity index (χ2v) is 5.51. The van der Waals surface area contributed by atoms with Gasteiger partial charge in [-0.3, -0.25) is 9.59 Å². The van der Waals surface area contributed by atoms with E-state index in [-0.39, 0.29) is 12.3 Å². The highest BCUT2D eigenvalue weighted by molar-refractivity contribution is 6.18. The van der Waals surface area contributed by atoms with Crippen molar-refractivity contribution in [2.24, 2.45) is 11.3 Å². The molecule has 0 aliphatic carbocycles. The zero-order valence-corrected chi connectivity index (χ0v) is 12.6. The van der Waals surface area contributed by atoms with Crippen molar-refractivity contribution in [1.82, 2.24) is 0 Å². The Hall–Kier alpha value is -0.770. The molecule has 0 spiro atoms. The molecule has 0 aliphatic rings. The fourth-order valence-corrected chi connectivity index (χ4v) is 2.76. The molecule has 0 aliphatic heterocycles. The molecule has 0 bridgehead atoms. The summed E-state index contributed by atoms with van der Waals surface area (Å²) < 4.78 is 0. The van der Waals surface area contributed by atoms with E-state index in [4.69, 9.17) is 16.7 Å². The van der Waals surface area contributed by atoms with Gasteiger partial charge < -0.3 is 10.2 Å². The topological polar surface area (TPSA) is 74.6 Å². The zero-order valence-electron chi connectivity index (χ0n) is 11.8. The lowest BCUT2D eigenvalue weighted by Crippen LogP contribution is -2.36. The minimum absolute atomic E-state index is 0.171. The van der Waals surface area contributed by atoms with Crippen LogP contribution in [0.15, 0.2) is 0 Å². The van der Waals surface area contributed by atoms with Gasteiger partial charge in [0, 0.05) is 5.88 Å². The van der Waals surface area contributed by atoms with Gasteiger partial charge in [0.05, 0.1) is 11.3 Å². The summed E-state index contributed by atoms with van der Waals surface area (Å²) in [6.45, 7) is 3.83. The summed E-state index contributed by atoms with van der Waals surface area (Å²) in [7, 11) is 0. The van der Waals surface area contributed by atoms with E-state index < -0.39 is 23.3 Å². The van der Waals surface area contributed by atoms with Crippen LogP contribution >= 0.6 is 11.6 Å². The van der Waals surface area contributed by atoms with Crippen LogP contribution in [-0.4, -0.2) is 28.0 Å². The van der Waals surface area contributed by atoms with E-state index in [1.54, 1.807) is 6.92 Å². The fraction of sp³-hybridized carbons (Fsp3) is 0.857. The van der Waals surface area contributed by atoms with Crippen LogP contribution in [0.5, 0.6) is 0 Å². The average Bonchev–Trinajstić information content (AvgIpc) is 2.35. The predicted molar refractivity (Wildman–Crippen MR) is 75.6 cm³/mol. The first-order valence-electron chi connectivity index (χ1n) is 6.95. The fourth-order valence-electron chi connectivity index (χ4n) is 2.40. The Balaban J connectivity index is 4.98. The molecule has 0 aromatic rings. The number of carboxylic acid groups (broad SMARTS) is 2. The van der Waals surface area contributed by atoms with Crippen LogP contribution in [0.3, 0.4) is 0 Å². The van der Waals surface area contributed by atoms with Crippen molar-refractivity contribution in [1.29, 1.82) is 0 Å². The molecule has 19 heavy (non-hydrogen) atoms. The number of hydrogen-bond donors (Lipinski definition) is 2. The van der Waals surface area contributed by atoms with E-state index in [9.17, 15) is 14.7 Å². The largest absolute Gasteiger partial charge is 0.481 e. The van der Waals surface area contributed by atoms with Crippen molar-refractivity contribution in [2.45, 2.75) is 58.8 Å². The number of unbranched alkanes of at least 4 members (excludes halogenated alkanes) is 2. The number of rotatable bonds is 11. The van der Waals surface area contributed by atoms with E-state index in [1.807, 2.05) is 0 Å². The highest BCUT2D eigenvalue weighted by Crippen LogP contribution is 2.38. The Kier molecular flexibility index (Phi) is 8.81. The van der Waals surface area contributed by atoms with Gasteiger partial charge in [0.2, 0.25) is 0 Å². The van der Waals surface area contributed by atoms with Crippen LogP contribution in [0.1, 0.15) is 58.8 Å². The maximum Gasteiger partial charge on any atom is 0.309 e. The van der Waals surface area contributed by atoms with Crippen LogP contribution in [0.2, 0.25) is 0 Å². The number of carbonyl (C=O) groups is 2. The standard InChI is InChI=1S/C14H25ClO4/c1-3-5-6-7-14(8-9-15,13(18)19)10-11(4-2)12(16)17/h11H,3-10H2,1-2H3,(H,16,17)(H,18,19). The lowest BCUT2D eigenvalue weighted by atomic mass is 9.72. The molecule has 2 atom stereocenters. The maximum atomic E-state index is 11.6. The highest BCUT2D eigenvalue weighted by Gasteiger charge is 2.40. The first kappa shape index (κ1) is 18.2. The Morgan fingerprint density at radius 2 is 1.79 bits per heavy atom. The normalized spacial score (nSPS) is 15.7. The molecule has 2 unspecified atom stereocenters. The van der Waals surface area contributed by atoms with E-state index >= 15 is 0 Å². The van der Waals surface area contributed by atoms with Crippen molar-refractivity contribution in [3.05, 3.63) is 0 Å². The molecule has 112 valence electrons. The molecule has 0 radical (unpaired) electrons. The average molecular weight is 293 g/mol. The van der Waals surface area contributed by atoms with E-state index in [2.05, 4.69) is 6.92 Å². The van der Waals surface area contributed by atoms with Crippen molar-refractivity contribution >= 4 is 23.5 Å². The number of carboxylic acids is 2. The van der Waals surface area contributed by atoms with Crippen molar-refractivity contribution in [3.8, 4) is 0 Å². The van der Waals surface area contributed by atoms with Gasteiger partial charge in [0.15, 0.2) is 0 Å². The molecule has 0 saturated carbocycles. The quantitative estimate of drug-likeness (QED) is 0.449. The molecule has 0 saturated heterocycles. The minimum Gasteiger partial charge on any atom is -0.481 e. The Bertz CT molecular complexity index is 293. The smallest absolute Gasteiger partial charge is 0.309 e. The molecular weight excluding hydrogens is 268 g/mol. The Morgan fingerprint density at radius 1 is 1.16 bits per heavy atom. The van der Waals surface area contributed by atoms with E-state index in [0.29, 0.717) is 19.3 Å². The van der Waals surface area contributed by atoms with Crippen LogP contribution in [0.25, 0.3) is 0 Å². The lowest BCUT2D eigenvalue weighted by molar-refractivity contribution is -0.153. The second kappa shape index (κ2) is 9.18. The first-order chi connectivity index (χ1) is 8.93. The highest BCUT2D eigenvalue weighted by atomic mass is 35.5. The van der Waals surface area contributed by atoms with Gasteiger partial charge in [0.1, 0.15) is 0 Å². The lowest BCUT2D eigenvalue weighted by Gasteiger charge is -2.31. The molecule has 0 aromatic carbocycles. The second-order valence-electron chi connectivity index (χ2n) is 5.13. The number of halogens is 1. The Morgan fingerprint density at radius 3 is 2.16 bits per heavy atom. The molecule has 0 fully saturated rings. The van der Waals surface area contributed by atoms with Gasteiger partial charge in [-0.25, -0.2) is 0 Å². The summed E-state index contributed by atoms with van der Waals surface area (Å²) >= 11 is 5.74. The summed E-state index contributed by atoms with van der Waals surface area (Å²) in [6.07, 6.45) is 4.22. The summed E-state index contributed by atoms with van der Waals surface area (Å²) in [4.78, 5) is 22.8. The van der Waals surface area contributed by atoms with Gasteiger partial charge >= 0.3 is 11.9 Å². The summed E-state index contributed by atoms with van der Waals surface area (Å²) in [5.41, 5.74) is -0.990. The number of alkyl halides is 1. The third kappa shape index (κ3) is 5.81. The van der Waals surface area contributed by atoms with Gasteiger partial charge in [-0.05, 0) is 25.7 Å². The zero-order chi connectivity index (χ0) is 14.9. The van der Waals surface area contributed by atoms with Crippen molar-refractivity contribution in [2.75, 3.05) is 5.88 Å². The predicted octanol–water partition coefficient (Wildman–Crippen LogP) is 3.77. The number of aliphatic carboxylic acids is 2. The van der Waals surface area contributed by atoms with Crippen LogP contribution in [-0.2, 0) is 9.59 Å². The summed E-state index contributed by atoms with van der Waals surface area (Å²) in [5, 5.41) is 18.7. The van der Waals surface area contributed by atoms with Gasteiger partial charge in [-0.1, -0.05) is 33.1 Å². The molecule has 2 N–H and O–H groups in total. The van der Waals surface area contributed by atoms with Crippen molar-refractivity contribution < 1.29 is 19.8 Å². The van der Waals surface area contributed by atoms with E-state index in [1.165, 1.54) is 0 Å². The summed E-state index contributed by atoms with van der Waals surface area (Å²) in [6, 6.07) is 0. The monoisotopic (exact) mass is 292 g/mol. The third-order valence-corrected chi connectivity index (χ3v) is 3.95. The third-order valence-electron chi connectivity index (χ3n) is 3.76. The first-order valence-corrected chi connectivity index (χ1v) is 7.49. The van der Waals surface area contributed by atoms with Gasteiger partial charge in [0.25, 0.3) is 0 Å². The van der Waals surface area contributed by atoms with Crippen LogP contribution in [0, 0.1) is 11.3 Å². The summed E-state index contributed by atoms with van der Waals surface area (Å²) in [5.74, 6) is -2.20. The molecule has 0 aromatic heterocycles. The molecule has 0 rings (SSSR count).